The predicted molar refractivity (Wildman–Crippen MR) is 58.2 cm³/mol. The summed E-state index contributed by atoms with van der Waals surface area (Å²) in [7, 11) is 0. The average Bonchev–Trinajstić information content (AvgIpc) is 2.28. The van der Waals surface area contributed by atoms with Crippen molar-refractivity contribution in [3.63, 3.8) is 0 Å². The maximum Gasteiger partial charge on any atom is 0.244 e. The number of fused-ring (bicyclic) bond motifs is 1. The van der Waals surface area contributed by atoms with Gasteiger partial charge in [-0.05, 0) is 30.2 Å². The number of nitrogens with one attached hydrogen (secondary N) is 1. The number of hydrogen-bond acceptors (Lipinski definition) is 2. The van der Waals surface area contributed by atoms with E-state index in [9.17, 15) is 9.32 Å². The summed E-state index contributed by atoms with van der Waals surface area (Å²) in [4.78, 5) is 15.6. The minimum Gasteiger partial charge on any atom is -0.349 e. The Morgan fingerprint density at radius 3 is 3.06 bits per heavy atom. The quantitative estimate of drug-likeness (QED) is 0.803. The Bertz CT molecular complexity index is 303. The van der Waals surface area contributed by atoms with Crippen LogP contribution in [0.4, 0.5) is 4.53 Å². The molecule has 1 fully saturated rings. The molecular weight excluding hydrogens is 209 g/mol. The van der Waals surface area contributed by atoms with E-state index in [0.29, 0.717) is 0 Å². The van der Waals surface area contributed by atoms with Crippen LogP contribution in [0.1, 0.15) is 39.0 Å². The zero-order valence-corrected chi connectivity index (χ0v) is 9.54. The standard InChI is InChI=1S/C12H18FNO2/c1-2-4-8-7-11(15)14-9-5-3-6-10(16-13)12(8)9/h7,9-10,12H,2-6H2,1H3,(H,14,15). The van der Waals surface area contributed by atoms with Gasteiger partial charge in [0.15, 0.2) is 0 Å². The van der Waals surface area contributed by atoms with Gasteiger partial charge in [0.05, 0.1) is 0 Å². The minimum absolute atomic E-state index is 0.0378. The lowest BCUT2D eigenvalue weighted by atomic mass is 9.74. The van der Waals surface area contributed by atoms with Crippen LogP contribution in [0.5, 0.6) is 0 Å². The van der Waals surface area contributed by atoms with Crippen molar-refractivity contribution in [3.05, 3.63) is 11.6 Å². The second-order valence-electron chi connectivity index (χ2n) is 4.67. The molecule has 0 aromatic carbocycles. The molecule has 1 saturated carbocycles. The molecule has 0 aromatic heterocycles. The second kappa shape index (κ2) is 4.95. The third-order valence-corrected chi connectivity index (χ3v) is 3.56. The van der Waals surface area contributed by atoms with E-state index in [1.807, 2.05) is 0 Å². The molecule has 90 valence electrons. The van der Waals surface area contributed by atoms with Crippen LogP contribution in [0, 0.1) is 5.92 Å². The van der Waals surface area contributed by atoms with Crippen LogP contribution < -0.4 is 5.32 Å². The van der Waals surface area contributed by atoms with Crippen molar-refractivity contribution in [2.75, 3.05) is 0 Å². The summed E-state index contributed by atoms with van der Waals surface area (Å²) in [6.07, 6.45) is 5.66. The molecule has 16 heavy (non-hydrogen) atoms. The monoisotopic (exact) mass is 227 g/mol. The van der Waals surface area contributed by atoms with E-state index in [2.05, 4.69) is 17.2 Å². The topological polar surface area (TPSA) is 38.3 Å². The molecule has 1 amide bonds. The molecule has 1 heterocycles. The zero-order chi connectivity index (χ0) is 11.5. The Balaban J connectivity index is 2.22. The fourth-order valence-electron chi connectivity index (χ4n) is 2.93. The fraction of sp³-hybridized carbons (Fsp3) is 0.750. The number of rotatable bonds is 3. The number of hydrogen-bond donors (Lipinski definition) is 1. The van der Waals surface area contributed by atoms with Crippen molar-refractivity contribution < 1.29 is 14.3 Å². The van der Waals surface area contributed by atoms with Gasteiger partial charge in [-0.2, -0.15) is 4.94 Å². The van der Waals surface area contributed by atoms with Gasteiger partial charge >= 0.3 is 0 Å². The molecule has 1 aliphatic heterocycles. The first-order valence-corrected chi connectivity index (χ1v) is 6.04. The number of carbonyl (C=O) groups excluding carboxylic acids is 1. The van der Waals surface area contributed by atoms with Crippen molar-refractivity contribution in [2.24, 2.45) is 5.92 Å². The molecule has 1 N–H and O–H groups in total. The van der Waals surface area contributed by atoms with E-state index < -0.39 is 0 Å². The number of carbonyl (C=O) groups is 1. The van der Waals surface area contributed by atoms with Gasteiger partial charge in [0.25, 0.3) is 0 Å². The third-order valence-electron chi connectivity index (χ3n) is 3.56. The van der Waals surface area contributed by atoms with Crippen LogP contribution in [0.2, 0.25) is 0 Å². The third kappa shape index (κ3) is 2.12. The van der Waals surface area contributed by atoms with Crippen LogP contribution in [0.15, 0.2) is 11.6 Å². The highest BCUT2D eigenvalue weighted by atomic mass is 19.3. The summed E-state index contributed by atoms with van der Waals surface area (Å²) in [5.74, 6) is 0.000563. The summed E-state index contributed by atoms with van der Waals surface area (Å²) >= 11 is 0. The minimum atomic E-state index is -0.378. The average molecular weight is 227 g/mol. The normalized spacial score (nSPS) is 34.0. The van der Waals surface area contributed by atoms with Gasteiger partial charge in [0.1, 0.15) is 6.10 Å². The van der Waals surface area contributed by atoms with Gasteiger partial charge in [-0.1, -0.05) is 18.9 Å². The van der Waals surface area contributed by atoms with Crippen LogP contribution in [-0.4, -0.2) is 18.1 Å². The number of amides is 1. The molecular formula is C12H18FNO2. The first-order valence-electron chi connectivity index (χ1n) is 6.04. The van der Waals surface area contributed by atoms with Crippen LogP contribution in [0.3, 0.4) is 0 Å². The van der Waals surface area contributed by atoms with E-state index in [4.69, 9.17) is 0 Å². The predicted octanol–water partition coefficient (Wildman–Crippen LogP) is 2.28. The molecule has 2 aliphatic rings. The van der Waals surface area contributed by atoms with Gasteiger partial charge in [0.2, 0.25) is 5.91 Å². The molecule has 3 atom stereocenters. The zero-order valence-electron chi connectivity index (χ0n) is 9.54. The van der Waals surface area contributed by atoms with Gasteiger partial charge in [-0.15, -0.1) is 0 Å². The molecule has 0 saturated heterocycles. The lowest BCUT2D eigenvalue weighted by Crippen LogP contribution is -2.51. The molecule has 0 radical (unpaired) electrons. The van der Waals surface area contributed by atoms with Gasteiger partial charge < -0.3 is 5.32 Å². The molecule has 0 aromatic rings. The largest absolute Gasteiger partial charge is 0.349 e. The van der Waals surface area contributed by atoms with Crippen LogP contribution in [0.25, 0.3) is 0 Å². The molecule has 3 nitrogen and oxygen atoms in total. The highest BCUT2D eigenvalue weighted by molar-refractivity contribution is 5.89. The Morgan fingerprint density at radius 2 is 2.38 bits per heavy atom. The highest BCUT2D eigenvalue weighted by Crippen LogP contribution is 2.36. The van der Waals surface area contributed by atoms with Gasteiger partial charge in [0, 0.05) is 18.0 Å². The van der Waals surface area contributed by atoms with Crippen molar-refractivity contribution in [2.45, 2.75) is 51.2 Å². The van der Waals surface area contributed by atoms with E-state index in [1.54, 1.807) is 6.08 Å². The first-order chi connectivity index (χ1) is 7.76. The molecule has 3 unspecified atom stereocenters. The van der Waals surface area contributed by atoms with E-state index in [-0.39, 0.29) is 24.0 Å². The van der Waals surface area contributed by atoms with Crippen LogP contribution in [-0.2, 0) is 9.74 Å². The highest BCUT2D eigenvalue weighted by Gasteiger charge is 2.39. The molecule has 0 spiro atoms. The maximum atomic E-state index is 12.5. The van der Waals surface area contributed by atoms with Crippen molar-refractivity contribution >= 4 is 5.91 Å². The van der Waals surface area contributed by atoms with Crippen LogP contribution >= 0.6 is 0 Å². The smallest absolute Gasteiger partial charge is 0.244 e. The Morgan fingerprint density at radius 1 is 1.56 bits per heavy atom. The van der Waals surface area contributed by atoms with Gasteiger partial charge in [-0.25, -0.2) is 0 Å². The van der Waals surface area contributed by atoms with Crippen molar-refractivity contribution in [3.8, 4) is 0 Å². The lowest BCUT2D eigenvalue weighted by molar-refractivity contribution is -0.203. The van der Waals surface area contributed by atoms with E-state index in [1.165, 1.54) is 0 Å². The Labute approximate surface area is 94.9 Å². The SMILES string of the molecule is CCCC1=CC(=O)NC2CCCC(OF)C12. The molecule has 2 rings (SSSR count). The summed E-state index contributed by atoms with van der Waals surface area (Å²) in [5.41, 5.74) is 1.05. The van der Waals surface area contributed by atoms with E-state index >= 15 is 0 Å². The summed E-state index contributed by atoms with van der Waals surface area (Å²) < 4.78 is 12.5. The molecule has 4 heteroatoms. The fourth-order valence-corrected chi connectivity index (χ4v) is 2.93. The summed E-state index contributed by atoms with van der Waals surface area (Å²) in [5, 5.41) is 2.91. The Kier molecular flexibility index (Phi) is 3.59. The maximum absolute atomic E-state index is 12.5. The lowest BCUT2D eigenvalue weighted by Gasteiger charge is -2.40. The van der Waals surface area contributed by atoms with Crippen molar-refractivity contribution in [1.29, 1.82) is 0 Å². The summed E-state index contributed by atoms with van der Waals surface area (Å²) in [6.45, 7) is 2.07. The summed E-state index contributed by atoms with van der Waals surface area (Å²) in [6, 6.07) is 0.0635. The molecule has 1 aliphatic carbocycles. The van der Waals surface area contributed by atoms with E-state index in [0.717, 1.165) is 37.7 Å². The first kappa shape index (κ1) is 11.6. The van der Waals surface area contributed by atoms with Crippen molar-refractivity contribution in [1.82, 2.24) is 5.32 Å². The number of halogens is 1. The van der Waals surface area contributed by atoms with Gasteiger partial charge in [-0.3, -0.25) is 4.79 Å². The second-order valence-corrected chi connectivity index (χ2v) is 4.67. The Hall–Kier alpha value is -0.900. The molecule has 0 bridgehead atoms.